The molecule has 7 nitrogen and oxygen atoms in total. The Bertz CT molecular complexity index is 1090. The highest BCUT2D eigenvalue weighted by atomic mass is 79.9. The monoisotopic (exact) mass is 530 g/mol. The summed E-state index contributed by atoms with van der Waals surface area (Å²) >= 11 is 9.19. The first-order chi connectivity index (χ1) is 15.1. The predicted octanol–water partition coefficient (Wildman–Crippen LogP) is 3.35. The zero-order valence-electron chi connectivity index (χ0n) is 16.2. The Balaban J connectivity index is 1.55. The molecule has 0 bridgehead atoms. The number of rotatable bonds is 4. The van der Waals surface area contributed by atoms with E-state index in [-0.39, 0.29) is 28.6 Å². The van der Waals surface area contributed by atoms with Crippen LogP contribution in [0.25, 0.3) is 0 Å². The molecule has 2 N–H and O–H groups in total. The average molecular weight is 532 g/mol. The quantitative estimate of drug-likeness (QED) is 0.633. The van der Waals surface area contributed by atoms with Gasteiger partial charge in [0.1, 0.15) is 23.8 Å². The average Bonchev–Trinajstić information content (AvgIpc) is 3.35. The fraction of sp³-hybridized carbons (Fsp3) is 0.300. The van der Waals surface area contributed by atoms with Gasteiger partial charge in [0.2, 0.25) is 0 Å². The Labute approximate surface area is 193 Å². The van der Waals surface area contributed by atoms with E-state index in [4.69, 9.17) is 16.4 Å². The smallest absolute Gasteiger partial charge is 0.337 e. The van der Waals surface area contributed by atoms with E-state index in [1.54, 1.807) is 0 Å². The van der Waals surface area contributed by atoms with Crippen molar-refractivity contribution in [1.29, 1.82) is 0 Å². The normalized spacial score (nSPS) is 23.1. The highest BCUT2D eigenvalue weighted by Gasteiger charge is 2.58. The summed E-state index contributed by atoms with van der Waals surface area (Å²) in [6.07, 6.45) is -3.67. The molecule has 1 saturated heterocycles. The second kappa shape index (κ2) is 8.45. The molecule has 2 unspecified atom stereocenters. The Morgan fingerprint density at radius 3 is 2.69 bits per heavy atom. The van der Waals surface area contributed by atoms with Crippen molar-refractivity contribution < 1.29 is 27.6 Å². The van der Waals surface area contributed by atoms with Crippen molar-refractivity contribution >= 4 is 45.1 Å². The second-order valence-electron chi connectivity index (χ2n) is 7.41. The molecule has 0 spiro atoms. The van der Waals surface area contributed by atoms with Gasteiger partial charge in [-0.05, 0) is 35.9 Å². The fourth-order valence-corrected chi connectivity index (χ4v) is 4.44. The number of nitrogens with one attached hydrogen (secondary N) is 2. The summed E-state index contributed by atoms with van der Waals surface area (Å²) in [5.41, 5.74) is 0.519. The summed E-state index contributed by atoms with van der Waals surface area (Å²) in [6, 6.07) is 6.21. The molecular formula is C20H15BrClF3N4O3. The maximum absolute atomic E-state index is 14.2. The molecule has 4 rings (SSSR count). The van der Waals surface area contributed by atoms with Gasteiger partial charge in [0.05, 0.1) is 6.54 Å². The Morgan fingerprint density at radius 2 is 2.09 bits per heavy atom. The summed E-state index contributed by atoms with van der Waals surface area (Å²) < 4.78 is 43.1. The van der Waals surface area contributed by atoms with Crippen molar-refractivity contribution in [2.75, 3.05) is 13.2 Å². The molecule has 2 amide bonds. The number of hydrogen-bond acceptors (Lipinski definition) is 5. The number of carbonyl (C=O) groups is 2. The molecule has 0 radical (unpaired) electrons. The molecule has 168 valence electrons. The van der Waals surface area contributed by atoms with E-state index in [2.05, 4.69) is 36.7 Å². The molecule has 32 heavy (non-hydrogen) atoms. The van der Waals surface area contributed by atoms with Crippen LogP contribution in [0, 0.1) is 0 Å². The van der Waals surface area contributed by atoms with Crippen LogP contribution in [0.5, 0.6) is 0 Å². The maximum atomic E-state index is 14.2. The zero-order valence-corrected chi connectivity index (χ0v) is 18.5. The fourth-order valence-electron chi connectivity index (χ4n) is 3.58. The first kappa shape index (κ1) is 22.7. The molecule has 2 aliphatic heterocycles. The van der Waals surface area contributed by atoms with E-state index in [1.165, 1.54) is 36.5 Å². The number of carbonyl (C=O) groups excluding carboxylic acids is 2. The number of hydrogen-bond donors (Lipinski definition) is 2. The third-order valence-corrected chi connectivity index (χ3v) is 6.02. The van der Waals surface area contributed by atoms with Crippen LogP contribution in [0.15, 0.2) is 46.0 Å². The van der Waals surface area contributed by atoms with E-state index in [9.17, 15) is 22.8 Å². The summed E-state index contributed by atoms with van der Waals surface area (Å²) in [7, 11) is 0. The topological polar surface area (TPSA) is 92.7 Å². The lowest BCUT2D eigenvalue weighted by Crippen LogP contribution is -2.43. The van der Waals surface area contributed by atoms with Gasteiger partial charge in [-0.3, -0.25) is 24.4 Å². The molecule has 1 aromatic carbocycles. The number of aromatic nitrogens is 1. The molecule has 2 atom stereocenters. The Kier molecular flexibility index (Phi) is 5.99. The van der Waals surface area contributed by atoms with Gasteiger partial charge in [-0.15, -0.1) is 0 Å². The van der Waals surface area contributed by atoms with Crippen LogP contribution in [0.2, 0.25) is 5.02 Å². The number of halogens is 5. The van der Waals surface area contributed by atoms with Crippen LogP contribution < -0.4 is 10.8 Å². The number of hydroxylamine groups is 1. The van der Waals surface area contributed by atoms with Crippen LogP contribution in [0.3, 0.4) is 0 Å². The van der Waals surface area contributed by atoms with Gasteiger partial charge < -0.3 is 5.32 Å². The van der Waals surface area contributed by atoms with Crippen LogP contribution >= 0.6 is 27.5 Å². The van der Waals surface area contributed by atoms with Gasteiger partial charge in [-0.25, -0.2) is 5.48 Å². The minimum absolute atomic E-state index is 0.00732. The predicted molar refractivity (Wildman–Crippen MR) is 112 cm³/mol. The van der Waals surface area contributed by atoms with Gasteiger partial charge in [0, 0.05) is 33.4 Å². The summed E-state index contributed by atoms with van der Waals surface area (Å²) in [4.78, 5) is 36.7. The number of nitrogens with zero attached hydrogens (tertiary/aromatic N) is 2. The molecule has 2 aromatic rings. The van der Waals surface area contributed by atoms with E-state index in [0.29, 0.717) is 10.0 Å². The summed E-state index contributed by atoms with van der Waals surface area (Å²) in [5, 5.41) is 2.65. The molecule has 0 aliphatic carbocycles. The SMILES string of the molecule is O=C(NC1CONC1=O)c1ccc(C2=NCC(c3cc(Cl)cc(Br)c3)(C(F)(F)F)C2)cn1. The molecule has 1 fully saturated rings. The molecule has 2 aliphatic rings. The largest absolute Gasteiger partial charge is 0.400 e. The van der Waals surface area contributed by atoms with Crippen LogP contribution in [-0.4, -0.2) is 47.9 Å². The lowest BCUT2D eigenvalue weighted by atomic mass is 9.77. The van der Waals surface area contributed by atoms with Crippen LogP contribution in [0.1, 0.15) is 28.0 Å². The Hall–Kier alpha value is -2.50. The van der Waals surface area contributed by atoms with E-state index in [0.717, 1.165) is 0 Å². The Morgan fingerprint density at radius 1 is 1.31 bits per heavy atom. The first-order valence-electron chi connectivity index (χ1n) is 9.35. The second-order valence-corrected chi connectivity index (χ2v) is 8.77. The van der Waals surface area contributed by atoms with Crippen molar-refractivity contribution in [3.05, 3.63) is 62.8 Å². The van der Waals surface area contributed by atoms with Crippen molar-refractivity contribution in [3.8, 4) is 0 Å². The van der Waals surface area contributed by atoms with E-state index >= 15 is 0 Å². The highest BCUT2D eigenvalue weighted by molar-refractivity contribution is 9.10. The highest BCUT2D eigenvalue weighted by Crippen LogP contribution is 2.48. The van der Waals surface area contributed by atoms with Crippen molar-refractivity contribution in [1.82, 2.24) is 15.8 Å². The maximum Gasteiger partial charge on any atom is 0.400 e. The van der Waals surface area contributed by atoms with Gasteiger partial charge >= 0.3 is 6.18 Å². The van der Waals surface area contributed by atoms with Gasteiger partial charge in [0.15, 0.2) is 0 Å². The van der Waals surface area contributed by atoms with Crippen molar-refractivity contribution in [3.63, 3.8) is 0 Å². The third-order valence-electron chi connectivity index (χ3n) is 5.34. The lowest BCUT2D eigenvalue weighted by Gasteiger charge is -2.31. The lowest BCUT2D eigenvalue weighted by molar-refractivity contribution is -0.183. The third kappa shape index (κ3) is 4.24. The summed E-state index contributed by atoms with van der Waals surface area (Å²) in [6.45, 7) is -0.504. The number of alkyl halides is 3. The summed E-state index contributed by atoms with van der Waals surface area (Å²) in [5.74, 6) is -1.09. The molecule has 12 heteroatoms. The van der Waals surface area contributed by atoms with Crippen molar-refractivity contribution in [2.24, 2.45) is 4.99 Å². The molecule has 3 heterocycles. The van der Waals surface area contributed by atoms with Crippen LogP contribution in [0.4, 0.5) is 13.2 Å². The molecule has 0 saturated carbocycles. The number of amides is 2. The number of benzene rings is 1. The minimum Gasteiger partial charge on any atom is -0.337 e. The standard InChI is InChI=1S/C20H15BrClF3N4O3/c21-12-3-11(4-13(22)5-12)19(20(23,24)25)6-15(27-9-19)10-1-2-14(26-7-10)17(30)28-16-8-32-29-18(16)31/h1-5,7,16H,6,8-9H2,(H,28,30)(H,29,31). The number of pyridine rings is 1. The van der Waals surface area contributed by atoms with E-state index in [1.807, 2.05) is 0 Å². The minimum atomic E-state index is -4.57. The van der Waals surface area contributed by atoms with Gasteiger partial charge in [-0.2, -0.15) is 13.2 Å². The van der Waals surface area contributed by atoms with Gasteiger partial charge in [0.25, 0.3) is 11.8 Å². The van der Waals surface area contributed by atoms with Gasteiger partial charge in [-0.1, -0.05) is 27.5 Å². The zero-order chi connectivity index (χ0) is 23.1. The molecule has 1 aromatic heterocycles. The molecular weight excluding hydrogens is 517 g/mol. The first-order valence-corrected chi connectivity index (χ1v) is 10.5. The van der Waals surface area contributed by atoms with E-state index < -0.39 is 42.4 Å². The number of aliphatic imine (C=N–C) groups is 1. The van der Waals surface area contributed by atoms with Crippen LogP contribution in [-0.2, 0) is 15.0 Å². The van der Waals surface area contributed by atoms with Crippen molar-refractivity contribution in [2.45, 2.75) is 24.1 Å².